The number of allylic oxidation sites excluding steroid dienone is 11. The second kappa shape index (κ2) is 19.7. The number of furan rings is 1. The van der Waals surface area contributed by atoms with Crippen molar-refractivity contribution in [2.75, 3.05) is 6.54 Å². The lowest BCUT2D eigenvalue weighted by molar-refractivity contribution is 0.523. The van der Waals surface area contributed by atoms with Crippen molar-refractivity contribution in [2.45, 2.75) is 90.4 Å². The Labute approximate surface area is 402 Å². The van der Waals surface area contributed by atoms with Crippen LogP contribution in [0.2, 0.25) is 0 Å². The fraction of sp³-hybridized carbons (Fsp3) is 0.254. The molecule has 342 valence electrons. The minimum absolute atomic E-state index is 0.350. The molecule has 68 heavy (non-hydrogen) atoms. The highest BCUT2D eigenvalue weighted by atomic mass is 16.3. The third kappa shape index (κ3) is 8.07. The van der Waals surface area contributed by atoms with E-state index >= 15 is 0 Å². The Kier molecular flexibility index (Phi) is 13.0. The van der Waals surface area contributed by atoms with Crippen LogP contribution in [0.5, 0.6) is 0 Å². The molecule has 10 rings (SSSR count). The van der Waals surface area contributed by atoms with Crippen LogP contribution in [0, 0.1) is 11.3 Å². The van der Waals surface area contributed by atoms with Gasteiger partial charge in [0.1, 0.15) is 11.2 Å². The molecule has 2 atom stereocenters. The van der Waals surface area contributed by atoms with Crippen molar-refractivity contribution in [1.82, 2.24) is 9.13 Å². The second-order valence-corrected chi connectivity index (χ2v) is 18.8. The Balaban J connectivity index is 1.16. The number of nitrogens with two attached hydrogens (primary N) is 1. The van der Waals surface area contributed by atoms with Crippen LogP contribution in [0.3, 0.4) is 0 Å². The van der Waals surface area contributed by atoms with Crippen LogP contribution in [0.1, 0.15) is 130 Å². The third-order valence-corrected chi connectivity index (χ3v) is 14.9. The molecule has 5 nitrogen and oxygen atoms in total. The summed E-state index contributed by atoms with van der Waals surface area (Å²) in [7, 11) is 0. The van der Waals surface area contributed by atoms with E-state index in [1.807, 2.05) is 12.2 Å². The summed E-state index contributed by atoms with van der Waals surface area (Å²) in [6, 6.07) is 29.6. The van der Waals surface area contributed by atoms with Crippen molar-refractivity contribution in [3.8, 4) is 22.5 Å². The summed E-state index contributed by atoms with van der Waals surface area (Å²) < 4.78 is 11.5. The molecule has 2 unspecified atom stereocenters. The van der Waals surface area contributed by atoms with Crippen molar-refractivity contribution in [2.24, 2.45) is 11.7 Å². The van der Waals surface area contributed by atoms with Gasteiger partial charge in [0.05, 0.1) is 22.6 Å². The van der Waals surface area contributed by atoms with Crippen LogP contribution in [-0.4, -0.2) is 21.9 Å². The minimum atomic E-state index is 0.350. The second-order valence-electron chi connectivity index (χ2n) is 18.8. The zero-order valence-electron chi connectivity index (χ0n) is 40.0. The molecule has 0 amide bonds. The van der Waals surface area contributed by atoms with Gasteiger partial charge in [-0.25, -0.2) is 0 Å². The van der Waals surface area contributed by atoms with Crippen LogP contribution in [0.25, 0.3) is 85.2 Å². The first-order valence-corrected chi connectivity index (χ1v) is 25.1. The van der Waals surface area contributed by atoms with E-state index in [1.165, 1.54) is 75.5 Å². The summed E-state index contributed by atoms with van der Waals surface area (Å²) in [6.45, 7) is 11.6. The van der Waals surface area contributed by atoms with Crippen LogP contribution in [0.15, 0.2) is 150 Å². The molecule has 1 saturated carbocycles. The Morgan fingerprint density at radius 3 is 2.35 bits per heavy atom. The smallest absolute Gasteiger partial charge is 0.135 e. The van der Waals surface area contributed by atoms with Crippen LogP contribution < -0.4 is 5.73 Å². The van der Waals surface area contributed by atoms with E-state index < -0.39 is 0 Å². The van der Waals surface area contributed by atoms with Gasteiger partial charge in [0.15, 0.2) is 0 Å². The summed E-state index contributed by atoms with van der Waals surface area (Å²) in [5, 5.41) is 11.4. The number of fused-ring (bicyclic) bond motifs is 9. The standard InChI is InChI=1S/C63H64N4O/c1-5-19-56-49(8-4)62(43(6-2)7-3)59(29-18-37-65)66(56)47-31-34-60-53(40-47)54-41-48(32-35-61(54)68-60)67-57-33-30-45(39-55(57)63-46-23-15-20-42(38-46)21-16-28-58(63)67)51-26-13-14-27-52(51)50-25-12-10-9-11-22-44(50)24-17-36-64/h5,8-14,16,18-19,21,25-35,37,39-41,43-44,46,65H,4,6-7,15,17,20,22-24,36,38,64H2,1-3H3/b11-9-,12-10-,19-5-,28-16-,29-18-,42-21-,50-25+,65-37?. The van der Waals surface area contributed by atoms with E-state index in [2.05, 4.69) is 182 Å². The molecule has 3 aliphatic rings. The summed E-state index contributed by atoms with van der Waals surface area (Å²) in [4.78, 5) is 0. The lowest BCUT2D eigenvalue weighted by Crippen LogP contribution is -2.10. The van der Waals surface area contributed by atoms with Gasteiger partial charge in [0, 0.05) is 39.3 Å². The Bertz CT molecular complexity index is 3290. The Hall–Kier alpha value is -6.95. The van der Waals surface area contributed by atoms with E-state index in [-0.39, 0.29) is 0 Å². The highest BCUT2D eigenvalue weighted by molar-refractivity contribution is 6.07. The molecule has 3 aliphatic carbocycles. The molecule has 5 heteroatoms. The first kappa shape index (κ1) is 44.9. The van der Waals surface area contributed by atoms with Crippen molar-refractivity contribution in [3.63, 3.8) is 0 Å². The van der Waals surface area contributed by atoms with Crippen LogP contribution in [0.4, 0.5) is 0 Å². The highest BCUT2D eigenvalue weighted by Crippen LogP contribution is 2.47. The summed E-state index contributed by atoms with van der Waals surface area (Å²) in [6.07, 6.45) is 39.6. The Morgan fingerprint density at radius 2 is 1.62 bits per heavy atom. The van der Waals surface area contributed by atoms with Crippen molar-refractivity contribution in [1.29, 1.82) is 5.41 Å². The topological polar surface area (TPSA) is 72.9 Å². The summed E-state index contributed by atoms with van der Waals surface area (Å²) in [5.41, 5.74) is 25.3. The average molecular weight is 893 g/mol. The number of nitrogens with one attached hydrogen (secondary N) is 1. The predicted molar refractivity (Wildman–Crippen MR) is 292 cm³/mol. The maximum absolute atomic E-state index is 7.95. The third-order valence-electron chi connectivity index (χ3n) is 14.9. The maximum Gasteiger partial charge on any atom is 0.135 e. The molecule has 1 fully saturated rings. The number of nitrogens with zero attached hydrogens (tertiary/aromatic N) is 2. The number of hydrogen-bond acceptors (Lipinski definition) is 3. The predicted octanol–water partition coefficient (Wildman–Crippen LogP) is 17.1. The lowest BCUT2D eigenvalue weighted by Gasteiger charge is -2.26. The molecule has 0 spiro atoms. The summed E-state index contributed by atoms with van der Waals surface area (Å²) in [5.74, 6) is 1.18. The number of aromatic nitrogens is 2. The lowest BCUT2D eigenvalue weighted by atomic mass is 9.78. The first-order chi connectivity index (χ1) is 33.5. The van der Waals surface area contributed by atoms with E-state index in [1.54, 1.807) is 5.57 Å². The monoisotopic (exact) mass is 893 g/mol. The number of hydrogen-bond donors (Lipinski definition) is 2. The fourth-order valence-corrected chi connectivity index (χ4v) is 11.8. The first-order valence-electron chi connectivity index (χ1n) is 25.1. The maximum atomic E-state index is 7.95. The van der Waals surface area contributed by atoms with Crippen molar-refractivity contribution >= 4 is 68.9 Å². The zero-order valence-corrected chi connectivity index (χ0v) is 40.0. The molecule has 0 saturated heterocycles. The molecule has 7 aromatic rings. The molecule has 0 aliphatic heterocycles. The van der Waals surface area contributed by atoms with Gasteiger partial charge in [0.2, 0.25) is 0 Å². The minimum Gasteiger partial charge on any atom is -0.456 e. The van der Waals surface area contributed by atoms with Gasteiger partial charge >= 0.3 is 0 Å². The molecule has 3 aromatic heterocycles. The van der Waals surface area contributed by atoms with E-state index in [9.17, 15) is 0 Å². The van der Waals surface area contributed by atoms with Crippen LogP contribution in [-0.2, 0) is 0 Å². The Morgan fingerprint density at radius 1 is 0.838 bits per heavy atom. The normalized spacial score (nSPS) is 20.2. The summed E-state index contributed by atoms with van der Waals surface area (Å²) >= 11 is 0. The van der Waals surface area contributed by atoms with Gasteiger partial charge in [-0.1, -0.05) is 111 Å². The number of benzene rings is 4. The molecule has 0 radical (unpaired) electrons. The zero-order chi connectivity index (χ0) is 46.7. The van der Waals surface area contributed by atoms with Gasteiger partial charge < -0.3 is 24.7 Å². The highest BCUT2D eigenvalue weighted by Gasteiger charge is 2.29. The van der Waals surface area contributed by atoms with Gasteiger partial charge in [-0.05, 0) is 195 Å². The van der Waals surface area contributed by atoms with E-state index in [0.717, 1.165) is 88.8 Å². The molecule has 2 bridgehead atoms. The number of rotatable bonds is 14. The van der Waals surface area contributed by atoms with Gasteiger partial charge in [-0.3, -0.25) is 0 Å². The molecule has 3 N–H and O–H groups in total. The molecule has 3 heterocycles. The van der Waals surface area contributed by atoms with E-state index in [0.29, 0.717) is 24.3 Å². The van der Waals surface area contributed by atoms with Crippen LogP contribution >= 0.6 is 0 Å². The van der Waals surface area contributed by atoms with Gasteiger partial charge in [-0.2, -0.15) is 0 Å². The fourth-order valence-electron chi connectivity index (χ4n) is 11.8. The average Bonchev–Trinajstić information content (AvgIpc) is 3.99. The SMILES string of the molecule is C=Cc1c(C(CC)CC)c(/C=C\C=N)n(-c2ccc3oc4ccc(-n5c6c(c7cc(-c8ccccc8/C8=C/C=C\C=C/CC8CCCN)ccc75)C5CCC/C(=C/C=C\6)C5)cc4c3c2)c1/C=C\C. The molecule has 4 aromatic carbocycles. The van der Waals surface area contributed by atoms with Gasteiger partial charge in [-0.15, -0.1) is 0 Å². The quantitative estimate of drug-likeness (QED) is 0.107. The van der Waals surface area contributed by atoms with Gasteiger partial charge in [0.25, 0.3) is 0 Å². The molecular weight excluding hydrogens is 829 g/mol. The largest absolute Gasteiger partial charge is 0.456 e. The molecular formula is C63H64N4O. The van der Waals surface area contributed by atoms with Crippen molar-refractivity contribution in [3.05, 3.63) is 185 Å². The van der Waals surface area contributed by atoms with Crippen molar-refractivity contribution < 1.29 is 4.42 Å². The van der Waals surface area contributed by atoms with E-state index in [4.69, 9.17) is 15.6 Å².